The van der Waals surface area contributed by atoms with Gasteiger partial charge in [0.15, 0.2) is 0 Å². The zero-order chi connectivity index (χ0) is 14.0. The molecule has 3 nitrogen and oxygen atoms in total. The highest BCUT2D eigenvalue weighted by atomic mass is 35.5. The van der Waals surface area contributed by atoms with Crippen LogP contribution in [0.5, 0.6) is 0 Å². The van der Waals surface area contributed by atoms with Crippen LogP contribution in [0.2, 0.25) is 0 Å². The van der Waals surface area contributed by atoms with Crippen LogP contribution in [0.1, 0.15) is 44.6 Å². The van der Waals surface area contributed by atoms with E-state index >= 15 is 0 Å². The van der Waals surface area contributed by atoms with E-state index in [0.717, 1.165) is 24.8 Å². The fraction of sp³-hybridized carbons (Fsp3) is 0.571. The third-order valence-electron chi connectivity index (χ3n) is 3.50. The minimum Gasteiger partial charge on any atom is -0.208 e. The van der Waals surface area contributed by atoms with Crippen LogP contribution in [0.3, 0.4) is 0 Å². The molecule has 1 N–H and O–H groups in total. The van der Waals surface area contributed by atoms with E-state index in [-0.39, 0.29) is 17.3 Å². The molecule has 0 saturated heterocycles. The lowest BCUT2D eigenvalue weighted by molar-refractivity contribution is 0.574. The Hall–Kier alpha value is -0.580. The van der Waals surface area contributed by atoms with Crippen LogP contribution in [-0.2, 0) is 10.0 Å². The average molecular weight is 302 g/mol. The van der Waals surface area contributed by atoms with Crippen molar-refractivity contribution in [2.45, 2.75) is 55.3 Å². The number of hydrogen-bond donors (Lipinski definition) is 1. The Bertz CT molecular complexity index is 538. The van der Waals surface area contributed by atoms with Crippen molar-refractivity contribution < 1.29 is 8.42 Å². The number of nitrogens with one attached hydrogen (secondary N) is 1. The summed E-state index contributed by atoms with van der Waals surface area (Å²) >= 11 is 6.20. The van der Waals surface area contributed by atoms with Crippen LogP contribution in [0.15, 0.2) is 29.2 Å². The number of hydrogen-bond acceptors (Lipinski definition) is 2. The lowest BCUT2D eigenvalue weighted by Crippen LogP contribution is -2.27. The second kappa shape index (κ2) is 5.81. The highest BCUT2D eigenvalue weighted by molar-refractivity contribution is 7.89. The Kier molecular flexibility index (Phi) is 4.54. The van der Waals surface area contributed by atoms with Crippen molar-refractivity contribution in [2.75, 3.05) is 0 Å². The number of sulfonamides is 1. The van der Waals surface area contributed by atoms with E-state index in [1.807, 2.05) is 26.0 Å². The standard InChI is InChI=1S/C14H20ClNO2S/c1-3-12(10(2)15)13-6-4-5-7-14(13)19(17,18)16-11-8-9-11/h4-7,10-12,16H,3,8-9H2,1-2H3. The summed E-state index contributed by atoms with van der Waals surface area (Å²) in [5.41, 5.74) is 0.820. The fourth-order valence-corrected chi connectivity index (χ4v) is 4.21. The van der Waals surface area contributed by atoms with Gasteiger partial charge in [-0.25, -0.2) is 13.1 Å². The van der Waals surface area contributed by atoms with Crippen molar-refractivity contribution in [1.29, 1.82) is 0 Å². The van der Waals surface area contributed by atoms with E-state index < -0.39 is 10.0 Å². The lowest BCUT2D eigenvalue weighted by Gasteiger charge is -2.21. The van der Waals surface area contributed by atoms with Crippen LogP contribution < -0.4 is 4.72 Å². The number of alkyl halides is 1. The number of halogens is 1. The van der Waals surface area contributed by atoms with Gasteiger partial charge in [0.05, 0.1) is 4.90 Å². The lowest BCUT2D eigenvalue weighted by atomic mass is 9.94. The smallest absolute Gasteiger partial charge is 0.208 e. The molecule has 1 fully saturated rings. The van der Waals surface area contributed by atoms with Gasteiger partial charge in [-0.15, -0.1) is 11.6 Å². The summed E-state index contributed by atoms with van der Waals surface area (Å²) in [7, 11) is -3.42. The van der Waals surface area contributed by atoms with E-state index in [4.69, 9.17) is 11.6 Å². The summed E-state index contributed by atoms with van der Waals surface area (Å²) in [6.45, 7) is 3.94. The summed E-state index contributed by atoms with van der Waals surface area (Å²) in [5, 5.41) is -0.0951. The minimum absolute atomic E-state index is 0.0497. The SMILES string of the molecule is CCC(c1ccccc1S(=O)(=O)NC1CC1)C(C)Cl. The normalized spacial score (nSPS) is 19.1. The Morgan fingerprint density at radius 1 is 1.37 bits per heavy atom. The van der Waals surface area contributed by atoms with Gasteiger partial charge in [-0.2, -0.15) is 0 Å². The monoisotopic (exact) mass is 301 g/mol. The topological polar surface area (TPSA) is 46.2 Å². The van der Waals surface area contributed by atoms with Gasteiger partial charge in [-0.1, -0.05) is 25.1 Å². The predicted octanol–water partition coefficient (Wildman–Crippen LogP) is 3.25. The summed E-state index contributed by atoms with van der Waals surface area (Å²) < 4.78 is 27.5. The fourth-order valence-electron chi connectivity index (χ4n) is 2.31. The van der Waals surface area contributed by atoms with Crippen molar-refractivity contribution in [3.63, 3.8) is 0 Å². The zero-order valence-electron chi connectivity index (χ0n) is 11.3. The third-order valence-corrected chi connectivity index (χ3v) is 5.40. The number of rotatable bonds is 6. The van der Waals surface area contributed by atoms with Crippen LogP contribution >= 0.6 is 11.6 Å². The first-order valence-electron chi connectivity index (χ1n) is 6.71. The molecule has 1 aromatic carbocycles. The molecule has 0 amide bonds. The van der Waals surface area contributed by atoms with E-state index in [9.17, 15) is 8.42 Å². The molecular weight excluding hydrogens is 282 g/mol. The molecule has 0 radical (unpaired) electrons. The van der Waals surface area contributed by atoms with E-state index in [0.29, 0.717) is 4.90 Å². The van der Waals surface area contributed by atoms with Gasteiger partial charge in [0.2, 0.25) is 10.0 Å². The maximum atomic E-state index is 12.4. The van der Waals surface area contributed by atoms with Crippen LogP contribution in [-0.4, -0.2) is 19.8 Å². The molecule has 1 saturated carbocycles. The predicted molar refractivity (Wildman–Crippen MR) is 78.1 cm³/mol. The molecule has 0 aliphatic heterocycles. The summed E-state index contributed by atoms with van der Waals surface area (Å²) in [4.78, 5) is 0.376. The van der Waals surface area contributed by atoms with Gasteiger partial charge in [-0.05, 0) is 37.8 Å². The molecule has 19 heavy (non-hydrogen) atoms. The molecule has 0 spiro atoms. The molecule has 1 aromatic rings. The molecule has 1 aliphatic rings. The Morgan fingerprint density at radius 2 is 2.00 bits per heavy atom. The van der Waals surface area contributed by atoms with Gasteiger partial charge in [-0.3, -0.25) is 0 Å². The highest BCUT2D eigenvalue weighted by Gasteiger charge is 2.31. The molecule has 2 rings (SSSR count). The van der Waals surface area contributed by atoms with Gasteiger partial charge in [0.1, 0.15) is 0 Å². The van der Waals surface area contributed by atoms with Gasteiger partial charge < -0.3 is 0 Å². The average Bonchev–Trinajstić information content (AvgIpc) is 3.13. The van der Waals surface area contributed by atoms with Crippen LogP contribution in [0.4, 0.5) is 0 Å². The molecule has 0 bridgehead atoms. The third kappa shape index (κ3) is 3.50. The maximum absolute atomic E-state index is 12.4. The summed E-state index contributed by atoms with van der Waals surface area (Å²) in [6, 6.07) is 7.28. The first-order chi connectivity index (χ1) is 8.95. The summed E-state index contributed by atoms with van der Waals surface area (Å²) in [5.74, 6) is 0.0497. The second-order valence-corrected chi connectivity index (χ2v) is 7.50. The van der Waals surface area contributed by atoms with Crippen molar-refractivity contribution in [2.24, 2.45) is 0 Å². The quantitative estimate of drug-likeness (QED) is 0.820. The Balaban J connectivity index is 2.39. The van der Waals surface area contributed by atoms with E-state index in [1.165, 1.54) is 0 Å². The van der Waals surface area contributed by atoms with Crippen LogP contribution in [0.25, 0.3) is 0 Å². The maximum Gasteiger partial charge on any atom is 0.241 e. The van der Waals surface area contributed by atoms with Crippen molar-refractivity contribution in [1.82, 2.24) is 4.72 Å². The minimum atomic E-state index is -3.42. The molecule has 0 heterocycles. The number of benzene rings is 1. The van der Waals surface area contributed by atoms with Gasteiger partial charge in [0, 0.05) is 17.3 Å². The Labute approximate surface area is 120 Å². The Morgan fingerprint density at radius 3 is 2.53 bits per heavy atom. The first-order valence-corrected chi connectivity index (χ1v) is 8.63. The van der Waals surface area contributed by atoms with Crippen molar-refractivity contribution >= 4 is 21.6 Å². The van der Waals surface area contributed by atoms with Crippen molar-refractivity contribution in [3.8, 4) is 0 Å². The molecule has 2 unspecified atom stereocenters. The zero-order valence-corrected chi connectivity index (χ0v) is 12.8. The molecular formula is C14H20ClNO2S. The molecule has 0 aromatic heterocycles. The second-order valence-electron chi connectivity index (χ2n) is 5.13. The first kappa shape index (κ1) is 14.8. The van der Waals surface area contributed by atoms with Crippen LogP contribution in [0, 0.1) is 0 Å². The highest BCUT2D eigenvalue weighted by Crippen LogP contribution is 2.32. The molecule has 5 heteroatoms. The largest absolute Gasteiger partial charge is 0.241 e. The molecule has 2 atom stereocenters. The van der Waals surface area contributed by atoms with E-state index in [2.05, 4.69) is 4.72 Å². The molecule has 1 aliphatic carbocycles. The van der Waals surface area contributed by atoms with Gasteiger partial charge >= 0.3 is 0 Å². The molecule has 106 valence electrons. The van der Waals surface area contributed by atoms with E-state index in [1.54, 1.807) is 12.1 Å². The summed E-state index contributed by atoms with van der Waals surface area (Å²) in [6.07, 6.45) is 2.69. The van der Waals surface area contributed by atoms with Crippen molar-refractivity contribution in [3.05, 3.63) is 29.8 Å². The van der Waals surface area contributed by atoms with Gasteiger partial charge in [0.25, 0.3) is 0 Å².